The summed E-state index contributed by atoms with van der Waals surface area (Å²) in [6, 6.07) is 7.98. The number of nitrogens with one attached hydrogen (secondary N) is 1. The van der Waals surface area contributed by atoms with Crippen LogP contribution >= 0.6 is 0 Å². The molecule has 1 amide bonds. The van der Waals surface area contributed by atoms with Crippen molar-refractivity contribution in [3.63, 3.8) is 0 Å². The Bertz CT molecular complexity index is 403. The second-order valence-corrected chi connectivity index (χ2v) is 4.98. The van der Waals surface area contributed by atoms with Crippen LogP contribution in [0.25, 0.3) is 0 Å². The minimum Gasteiger partial charge on any atom is -0.480 e. The number of rotatable bonds is 7. The molecular weight excluding hydrogens is 238 g/mol. The van der Waals surface area contributed by atoms with E-state index >= 15 is 0 Å². The Morgan fingerprint density at radius 1 is 1.32 bits per heavy atom. The zero-order valence-electron chi connectivity index (χ0n) is 12.4. The largest absolute Gasteiger partial charge is 0.480 e. The van der Waals surface area contributed by atoms with Crippen molar-refractivity contribution in [1.82, 2.24) is 5.32 Å². The first-order valence-corrected chi connectivity index (χ1v) is 7.11. The maximum atomic E-state index is 12.1. The Morgan fingerprint density at radius 2 is 2.00 bits per heavy atom. The van der Waals surface area contributed by atoms with Crippen LogP contribution in [0.3, 0.4) is 0 Å². The predicted molar refractivity (Wildman–Crippen MR) is 78.4 cm³/mol. The second kappa shape index (κ2) is 7.82. The van der Waals surface area contributed by atoms with Crippen LogP contribution in [0.2, 0.25) is 0 Å². The molecule has 0 aliphatic carbocycles. The van der Waals surface area contributed by atoms with Gasteiger partial charge < -0.3 is 10.1 Å². The van der Waals surface area contributed by atoms with Gasteiger partial charge in [-0.1, -0.05) is 38.5 Å². The molecule has 0 aromatic heterocycles. The van der Waals surface area contributed by atoms with Gasteiger partial charge in [-0.25, -0.2) is 0 Å². The SMILES string of the molecule is CCC[C@@H](C)NC(=O)[C@H](CC)Oc1ccccc1C. The molecule has 106 valence electrons. The van der Waals surface area contributed by atoms with Crippen molar-refractivity contribution in [3.05, 3.63) is 29.8 Å². The number of aryl methyl sites for hydroxylation is 1. The van der Waals surface area contributed by atoms with Crippen molar-refractivity contribution in [2.75, 3.05) is 0 Å². The predicted octanol–water partition coefficient (Wildman–Crippen LogP) is 3.46. The number of carbonyl (C=O) groups excluding carboxylic acids is 1. The minimum atomic E-state index is -0.416. The first kappa shape index (κ1) is 15.5. The van der Waals surface area contributed by atoms with E-state index in [1.165, 1.54) is 0 Å². The lowest BCUT2D eigenvalue weighted by atomic mass is 10.1. The summed E-state index contributed by atoms with van der Waals surface area (Å²) in [6.07, 6.45) is 2.31. The number of benzene rings is 1. The summed E-state index contributed by atoms with van der Waals surface area (Å²) in [5.41, 5.74) is 1.05. The molecule has 0 aliphatic heterocycles. The van der Waals surface area contributed by atoms with Crippen LogP contribution in [0.1, 0.15) is 45.6 Å². The zero-order chi connectivity index (χ0) is 14.3. The lowest BCUT2D eigenvalue weighted by Gasteiger charge is -2.21. The monoisotopic (exact) mass is 263 g/mol. The molecule has 2 atom stereocenters. The first-order valence-electron chi connectivity index (χ1n) is 7.11. The number of carbonyl (C=O) groups is 1. The Kier molecular flexibility index (Phi) is 6.40. The summed E-state index contributed by atoms with van der Waals surface area (Å²) < 4.78 is 5.82. The van der Waals surface area contributed by atoms with Crippen LogP contribution in [0.15, 0.2) is 24.3 Å². The van der Waals surface area contributed by atoms with Gasteiger partial charge in [-0.2, -0.15) is 0 Å². The lowest BCUT2D eigenvalue weighted by molar-refractivity contribution is -0.128. The highest BCUT2D eigenvalue weighted by atomic mass is 16.5. The number of para-hydroxylation sites is 1. The summed E-state index contributed by atoms with van der Waals surface area (Å²) >= 11 is 0. The highest BCUT2D eigenvalue weighted by Crippen LogP contribution is 2.18. The van der Waals surface area contributed by atoms with Gasteiger partial charge in [0.15, 0.2) is 6.10 Å². The van der Waals surface area contributed by atoms with Crippen LogP contribution in [-0.2, 0) is 4.79 Å². The van der Waals surface area contributed by atoms with E-state index < -0.39 is 6.10 Å². The van der Waals surface area contributed by atoms with Crippen molar-refractivity contribution in [1.29, 1.82) is 0 Å². The third kappa shape index (κ3) is 4.93. The highest BCUT2D eigenvalue weighted by Gasteiger charge is 2.20. The van der Waals surface area contributed by atoms with Crippen molar-refractivity contribution in [2.24, 2.45) is 0 Å². The van der Waals surface area contributed by atoms with Crippen molar-refractivity contribution in [3.8, 4) is 5.75 Å². The molecule has 3 heteroatoms. The fourth-order valence-electron chi connectivity index (χ4n) is 2.01. The van der Waals surface area contributed by atoms with E-state index in [0.29, 0.717) is 6.42 Å². The molecule has 0 unspecified atom stereocenters. The molecule has 19 heavy (non-hydrogen) atoms. The van der Waals surface area contributed by atoms with E-state index in [1.807, 2.05) is 45.0 Å². The van der Waals surface area contributed by atoms with E-state index in [1.54, 1.807) is 0 Å². The summed E-state index contributed by atoms with van der Waals surface area (Å²) in [5, 5.41) is 3.01. The van der Waals surface area contributed by atoms with Crippen molar-refractivity contribution in [2.45, 2.75) is 59.1 Å². The van der Waals surface area contributed by atoms with E-state index in [0.717, 1.165) is 24.2 Å². The van der Waals surface area contributed by atoms with Gasteiger partial charge >= 0.3 is 0 Å². The topological polar surface area (TPSA) is 38.3 Å². The van der Waals surface area contributed by atoms with Gasteiger partial charge in [0.1, 0.15) is 5.75 Å². The molecule has 1 aromatic carbocycles. The molecule has 0 saturated heterocycles. The molecule has 1 rings (SSSR count). The molecule has 3 nitrogen and oxygen atoms in total. The van der Waals surface area contributed by atoms with Gasteiger partial charge in [0, 0.05) is 6.04 Å². The molecular formula is C16H25NO2. The smallest absolute Gasteiger partial charge is 0.261 e. The maximum Gasteiger partial charge on any atom is 0.261 e. The van der Waals surface area contributed by atoms with Crippen molar-refractivity contribution < 1.29 is 9.53 Å². The highest BCUT2D eigenvalue weighted by molar-refractivity contribution is 5.81. The van der Waals surface area contributed by atoms with Gasteiger partial charge in [0.05, 0.1) is 0 Å². The quantitative estimate of drug-likeness (QED) is 0.818. The Labute approximate surface area is 116 Å². The molecule has 1 N–H and O–H groups in total. The normalized spacial score (nSPS) is 13.7. The van der Waals surface area contributed by atoms with Crippen molar-refractivity contribution >= 4 is 5.91 Å². The Balaban J connectivity index is 2.63. The zero-order valence-corrected chi connectivity index (χ0v) is 12.4. The number of ether oxygens (including phenoxy) is 1. The Hall–Kier alpha value is -1.51. The third-order valence-corrected chi connectivity index (χ3v) is 3.14. The van der Waals surface area contributed by atoms with Gasteiger partial charge in [-0.15, -0.1) is 0 Å². The number of hydrogen-bond donors (Lipinski definition) is 1. The number of hydrogen-bond acceptors (Lipinski definition) is 2. The average Bonchev–Trinajstić information content (AvgIpc) is 2.37. The van der Waals surface area contributed by atoms with E-state index in [9.17, 15) is 4.79 Å². The van der Waals surface area contributed by atoms with Gasteiger partial charge in [0.2, 0.25) is 0 Å². The molecule has 0 aliphatic rings. The molecule has 0 heterocycles. The lowest BCUT2D eigenvalue weighted by Crippen LogP contribution is -2.42. The van der Waals surface area contributed by atoms with Gasteiger partial charge in [0.25, 0.3) is 5.91 Å². The summed E-state index contributed by atoms with van der Waals surface area (Å²) in [7, 11) is 0. The maximum absolute atomic E-state index is 12.1. The minimum absolute atomic E-state index is 0.0216. The standard InChI is InChI=1S/C16H25NO2/c1-5-9-13(4)17-16(18)14(6-2)19-15-11-8-7-10-12(15)3/h7-8,10-11,13-14H,5-6,9H2,1-4H3,(H,17,18)/t13-,14+/m1/s1. The van der Waals surface area contributed by atoms with Gasteiger partial charge in [-0.3, -0.25) is 4.79 Å². The van der Waals surface area contributed by atoms with Crippen LogP contribution in [0.4, 0.5) is 0 Å². The molecule has 1 aromatic rings. The summed E-state index contributed by atoms with van der Waals surface area (Å²) in [5.74, 6) is 0.763. The van der Waals surface area contributed by atoms with E-state index in [-0.39, 0.29) is 11.9 Å². The molecule has 0 spiro atoms. The molecule has 0 bridgehead atoms. The fraction of sp³-hybridized carbons (Fsp3) is 0.562. The average molecular weight is 263 g/mol. The van der Waals surface area contributed by atoms with E-state index in [2.05, 4.69) is 12.2 Å². The van der Waals surface area contributed by atoms with Crippen LogP contribution in [-0.4, -0.2) is 18.1 Å². The summed E-state index contributed by atoms with van der Waals surface area (Å²) in [6.45, 7) is 8.10. The molecule has 0 fully saturated rings. The molecule has 0 saturated carbocycles. The number of amides is 1. The molecule has 0 radical (unpaired) electrons. The van der Waals surface area contributed by atoms with Gasteiger partial charge in [-0.05, 0) is 38.3 Å². The second-order valence-electron chi connectivity index (χ2n) is 4.98. The summed E-state index contributed by atoms with van der Waals surface area (Å²) in [4.78, 5) is 12.1. The fourth-order valence-corrected chi connectivity index (χ4v) is 2.01. The Morgan fingerprint density at radius 3 is 2.58 bits per heavy atom. The van der Waals surface area contributed by atoms with Crippen LogP contribution < -0.4 is 10.1 Å². The third-order valence-electron chi connectivity index (χ3n) is 3.14. The van der Waals surface area contributed by atoms with E-state index in [4.69, 9.17) is 4.74 Å². The first-order chi connectivity index (χ1) is 9.08. The van der Waals surface area contributed by atoms with Crippen LogP contribution in [0.5, 0.6) is 5.75 Å². The van der Waals surface area contributed by atoms with Crippen LogP contribution in [0, 0.1) is 6.92 Å².